The quantitative estimate of drug-likeness (QED) is 0.766. The van der Waals surface area contributed by atoms with Crippen molar-refractivity contribution < 1.29 is 13.2 Å². The lowest BCUT2D eigenvalue weighted by Gasteiger charge is -2.25. The number of anilines is 1. The molecule has 0 saturated heterocycles. The summed E-state index contributed by atoms with van der Waals surface area (Å²) in [5.74, 6) is -0.696. The predicted molar refractivity (Wildman–Crippen MR) is 73.8 cm³/mol. The Balaban J connectivity index is 3.34. The zero-order valence-electron chi connectivity index (χ0n) is 11.3. The SMILES string of the molecule is Cc1ccc(N)cc1S(=O)(=O)N(CC(N)=O)C(C)C. The number of nitrogens with zero attached hydrogens (tertiary/aromatic N) is 1. The van der Waals surface area contributed by atoms with Gasteiger partial charge in [0.25, 0.3) is 0 Å². The van der Waals surface area contributed by atoms with Gasteiger partial charge in [0.2, 0.25) is 15.9 Å². The van der Waals surface area contributed by atoms with E-state index in [1.165, 1.54) is 6.07 Å². The second-order valence-electron chi connectivity index (χ2n) is 4.64. The van der Waals surface area contributed by atoms with Crippen LogP contribution in [-0.4, -0.2) is 31.2 Å². The molecule has 0 atom stereocenters. The molecular weight excluding hydrogens is 266 g/mol. The van der Waals surface area contributed by atoms with E-state index in [0.29, 0.717) is 11.3 Å². The van der Waals surface area contributed by atoms with Gasteiger partial charge in [-0.15, -0.1) is 0 Å². The van der Waals surface area contributed by atoms with Crippen LogP contribution in [0.25, 0.3) is 0 Å². The fourth-order valence-corrected chi connectivity index (χ4v) is 3.58. The molecule has 0 aliphatic rings. The summed E-state index contributed by atoms with van der Waals surface area (Å²) in [6, 6.07) is 4.27. The van der Waals surface area contributed by atoms with Crippen LogP contribution in [0.5, 0.6) is 0 Å². The third-order valence-electron chi connectivity index (χ3n) is 2.69. The van der Waals surface area contributed by atoms with E-state index in [1.54, 1.807) is 32.9 Å². The van der Waals surface area contributed by atoms with Crippen molar-refractivity contribution in [2.24, 2.45) is 5.73 Å². The van der Waals surface area contributed by atoms with Crippen molar-refractivity contribution in [1.29, 1.82) is 0 Å². The number of carbonyl (C=O) groups excluding carboxylic acids is 1. The fourth-order valence-electron chi connectivity index (χ4n) is 1.72. The Labute approximate surface area is 113 Å². The van der Waals surface area contributed by atoms with Gasteiger partial charge in [-0.3, -0.25) is 4.79 Å². The molecular formula is C12H19N3O3S. The highest BCUT2D eigenvalue weighted by atomic mass is 32.2. The topological polar surface area (TPSA) is 106 Å². The predicted octanol–water partition coefficient (Wildman–Crippen LogP) is 0.462. The second-order valence-corrected chi connectivity index (χ2v) is 6.49. The molecule has 0 fully saturated rings. The zero-order valence-corrected chi connectivity index (χ0v) is 12.1. The first-order valence-corrected chi connectivity index (χ1v) is 7.26. The van der Waals surface area contributed by atoms with Crippen LogP contribution >= 0.6 is 0 Å². The molecule has 7 heteroatoms. The van der Waals surface area contributed by atoms with E-state index in [4.69, 9.17) is 11.5 Å². The first kappa shape index (κ1) is 15.5. The van der Waals surface area contributed by atoms with Crippen molar-refractivity contribution in [3.63, 3.8) is 0 Å². The first-order chi connectivity index (χ1) is 8.66. The van der Waals surface area contributed by atoms with Crippen molar-refractivity contribution in [3.8, 4) is 0 Å². The van der Waals surface area contributed by atoms with Crippen molar-refractivity contribution in [1.82, 2.24) is 4.31 Å². The number of aryl methyl sites for hydroxylation is 1. The normalized spacial score (nSPS) is 12.1. The van der Waals surface area contributed by atoms with Gasteiger partial charge < -0.3 is 11.5 Å². The van der Waals surface area contributed by atoms with Gasteiger partial charge in [0.1, 0.15) is 0 Å². The van der Waals surface area contributed by atoms with Crippen LogP contribution in [0.3, 0.4) is 0 Å². The number of sulfonamides is 1. The third-order valence-corrected chi connectivity index (χ3v) is 4.85. The highest BCUT2D eigenvalue weighted by Crippen LogP contribution is 2.23. The van der Waals surface area contributed by atoms with E-state index in [2.05, 4.69) is 0 Å². The maximum absolute atomic E-state index is 12.5. The molecule has 0 spiro atoms. The molecule has 19 heavy (non-hydrogen) atoms. The summed E-state index contributed by atoms with van der Waals surface area (Å²) in [4.78, 5) is 11.1. The molecule has 0 unspecified atom stereocenters. The Hall–Kier alpha value is -1.60. The Morgan fingerprint density at radius 2 is 1.95 bits per heavy atom. The molecule has 6 nitrogen and oxygen atoms in total. The summed E-state index contributed by atoms with van der Waals surface area (Å²) in [7, 11) is -3.80. The van der Waals surface area contributed by atoms with Crippen LogP contribution in [0.1, 0.15) is 19.4 Å². The molecule has 4 N–H and O–H groups in total. The Morgan fingerprint density at radius 3 is 2.42 bits per heavy atom. The second kappa shape index (κ2) is 5.58. The van der Waals surface area contributed by atoms with Gasteiger partial charge >= 0.3 is 0 Å². The molecule has 0 heterocycles. The molecule has 106 valence electrons. The summed E-state index contributed by atoms with van der Waals surface area (Å²) < 4.78 is 26.2. The third kappa shape index (κ3) is 3.45. The number of hydrogen-bond donors (Lipinski definition) is 2. The highest BCUT2D eigenvalue weighted by Gasteiger charge is 2.29. The lowest BCUT2D eigenvalue weighted by Crippen LogP contribution is -2.42. The fraction of sp³-hybridized carbons (Fsp3) is 0.417. The smallest absolute Gasteiger partial charge is 0.244 e. The largest absolute Gasteiger partial charge is 0.399 e. The number of nitrogens with two attached hydrogens (primary N) is 2. The number of hydrogen-bond acceptors (Lipinski definition) is 4. The lowest BCUT2D eigenvalue weighted by molar-refractivity contribution is -0.118. The molecule has 0 saturated carbocycles. The van der Waals surface area contributed by atoms with Crippen LogP contribution in [0.4, 0.5) is 5.69 Å². The molecule has 0 aliphatic heterocycles. The monoisotopic (exact) mass is 285 g/mol. The first-order valence-electron chi connectivity index (χ1n) is 5.82. The molecule has 1 aromatic carbocycles. The number of amides is 1. The molecule has 1 rings (SSSR count). The standard InChI is InChI=1S/C12H19N3O3S/c1-8(2)15(7-12(14)16)19(17,18)11-6-10(13)5-4-9(11)3/h4-6,8H,7,13H2,1-3H3,(H2,14,16). The van der Waals surface area contributed by atoms with Gasteiger partial charge in [-0.2, -0.15) is 4.31 Å². The van der Waals surface area contributed by atoms with Crippen LogP contribution < -0.4 is 11.5 Å². The van der Waals surface area contributed by atoms with Gasteiger partial charge in [-0.1, -0.05) is 6.07 Å². The van der Waals surface area contributed by atoms with E-state index in [-0.39, 0.29) is 17.5 Å². The van der Waals surface area contributed by atoms with E-state index >= 15 is 0 Å². The number of rotatable bonds is 5. The minimum Gasteiger partial charge on any atom is -0.399 e. The van der Waals surface area contributed by atoms with Crippen LogP contribution in [0.2, 0.25) is 0 Å². The minimum absolute atomic E-state index is 0.0995. The summed E-state index contributed by atoms with van der Waals surface area (Å²) in [6.07, 6.45) is 0. The summed E-state index contributed by atoms with van der Waals surface area (Å²) in [5.41, 5.74) is 11.7. The van der Waals surface area contributed by atoms with Crippen molar-refractivity contribution in [2.75, 3.05) is 12.3 Å². The van der Waals surface area contributed by atoms with Crippen molar-refractivity contribution in [2.45, 2.75) is 31.7 Å². The van der Waals surface area contributed by atoms with Crippen molar-refractivity contribution >= 4 is 21.6 Å². The molecule has 0 bridgehead atoms. The molecule has 0 aromatic heterocycles. The lowest BCUT2D eigenvalue weighted by atomic mass is 10.2. The number of primary amides is 1. The van der Waals surface area contributed by atoms with Gasteiger partial charge in [-0.25, -0.2) is 8.42 Å². The molecule has 0 radical (unpaired) electrons. The van der Waals surface area contributed by atoms with E-state index in [9.17, 15) is 13.2 Å². The van der Waals surface area contributed by atoms with Crippen LogP contribution in [0.15, 0.2) is 23.1 Å². The van der Waals surface area contributed by atoms with Crippen molar-refractivity contribution in [3.05, 3.63) is 23.8 Å². The zero-order chi connectivity index (χ0) is 14.8. The van der Waals surface area contributed by atoms with Gasteiger partial charge in [-0.05, 0) is 38.5 Å². The van der Waals surface area contributed by atoms with E-state index in [1.807, 2.05) is 0 Å². The minimum atomic E-state index is -3.80. The number of nitrogen functional groups attached to an aromatic ring is 1. The van der Waals surface area contributed by atoms with Crippen LogP contribution in [-0.2, 0) is 14.8 Å². The summed E-state index contributed by atoms with van der Waals surface area (Å²) in [5, 5.41) is 0. The molecule has 1 amide bonds. The average molecular weight is 285 g/mol. The molecule has 1 aromatic rings. The Bertz CT molecular complexity index is 582. The molecule has 0 aliphatic carbocycles. The maximum Gasteiger partial charge on any atom is 0.244 e. The van der Waals surface area contributed by atoms with Crippen LogP contribution in [0, 0.1) is 6.92 Å². The Kier molecular flexibility index (Phi) is 4.54. The summed E-state index contributed by atoms with van der Waals surface area (Å²) in [6.45, 7) is 4.69. The maximum atomic E-state index is 12.5. The number of carbonyl (C=O) groups is 1. The van der Waals surface area contributed by atoms with E-state index in [0.717, 1.165) is 4.31 Å². The van der Waals surface area contributed by atoms with Gasteiger partial charge in [0, 0.05) is 11.7 Å². The van der Waals surface area contributed by atoms with Gasteiger partial charge in [0.15, 0.2) is 0 Å². The summed E-state index contributed by atoms with van der Waals surface area (Å²) >= 11 is 0. The van der Waals surface area contributed by atoms with E-state index < -0.39 is 15.9 Å². The highest BCUT2D eigenvalue weighted by molar-refractivity contribution is 7.89. The van der Waals surface area contributed by atoms with Gasteiger partial charge in [0.05, 0.1) is 11.4 Å². The number of benzene rings is 1. The Morgan fingerprint density at radius 1 is 1.37 bits per heavy atom. The average Bonchev–Trinajstić information content (AvgIpc) is 2.28.